The summed E-state index contributed by atoms with van der Waals surface area (Å²) in [6.07, 6.45) is 5.33. The fraction of sp³-hybridized carbons (Fsp3) is 0.435. The summed E-state index contributed by atoms with van der Waals surface area (Å²) in [7, 11) is 0. The van der Waals surface area contributed by atoms with E-state index in [9.17, 15) is 9.59 Å². The van der Waals surface area contributed by atoms with Crippen molar-refractivity contribution in [1.82, 2.24) is 10.3 Å². The maximum atomic E-state index is 12.6. The summed E-state index contributed by atoms with van der Waals surface area (Å²) in [5, 5.41) is 10.00. The number of rotatable bonds is 8. The van der Waals surface area contributed by atoms with Gasteiger partial charge in [0.15, 0.2) is 5.78 Å². The van der Waals surface area contributed by atoms with Gasteiger partial charge in [-0.1, -0.05) is 24.6 Å². The smallest absolute Gasteiger partial charge is 0.254 e. The summed E-state index contributed by atoms with van der Waals surface area (Å²) in [4.78, 5) is 31.5. The Morgan fingerprint density at radius 3 is 2.68 bits per heavy atom. The Morgan fingerprint density at radius 1 is 1.26 bits per heavy atom. The van der Waals surface area contributed by atoms with Crippen LogP contribution in [0.5, 0.6) is 0 Å². The number of carbonyl (C=O) groups is 2. The van der Waals surface area contributed by atoms with Crippen LogP contribution < -0.4 is 26.6 Å². The van der Waals surface area contributed by atoms with Crippen molar-refractivity contribution in [1.29, 1.82) is 0 Å². The largest absolute Gasteiger partial charge is 0.382 e. The van der Waals surface area contributed by atoms with E-state index in [2.05, 4.69) is 20.9 Å². The van der Waals surface area contributed by atoms with Crippen molar-refractivity contribution >= 4 is 34.6 Å². The highest BCUT2D eigenvalue weighted by Gasteiger charge is 2.31. The molecule has 1 aromatic carbocycles. The van der Waals surface area contributed by atoms with E-state index in [0.717, 1.165) is 24.5 Å². The number of amides is 1. The Bertz CT molecular complexity index is 945. The lowest BCUT2D eigenvalue weighted by molar-refractivity contribution is -0.118. The zero-order valence-electron chi connectivity index (χ0n) is 17.9. The number of para-hydroxylation sites is 1. The van der Waals surface area contributed by atoms with Gasteiger partial charge in [0.05, 0.1) is 23.6 Å². The fourth-order valence-corrected chi connectivity index (χ4v) is 4.19. The number of ketones is 1. The van der Waals surface area contributed by atoms with Gasteiger partial charge < -0.3 is 26.6 Å². The van der Waals surface area contributed by atoms with E-state index in [-0.39, 0.29) is 11.8 Å². The van der Waals surface area contributed by atoms with Crippen molar-refractivity contribution in [3.05, 3.63) is 42.1 Å². The molecule has 1 saturated carbocycles. The van der Waals surface area contributed by atoms with E-state index in [1.54, 1.807) is 13.1 Å². The Labute approximate surface area is 182 Å². The first kappa shape index (κ1) is 21.1. The molecule has 1 aliphatic carbocycles. The van der Waals surface area contributed by atoms with Gasteiger partial charge in [0.1, 0.15) is 11.4 Å². The number of hydrogen-bond acceptors (Lipinski definition) is 7. The Balaban J connectivity index is 1.76. The molecule has 2 aromatic rings. The molecular weight excluding hydrogens is 392 g/mol. The lowest BCUT2D eigenvalue weighted by atomic mass is 9.85. The molecule has 1 aromatic heterocycles. The highest BCUT2D eigenvalue weighted by atomic mass is 16.1. The highest BCUT2D eigenvalue weighted by molar-refractivity contribution is 6.06. The number of nitrogens with two attached hydrogens (primary N) is 1. The molecule has 0 spiro atoms. The van der Waals surface area contributed by atoms with Gasteiger partial charge in [-0.15, -0.1) is 0 Å². The Morgan fingerprint density at radius 2 is 2.03 bits per heavy atom. The molecule has 1 aliphatic heterocycles. The summed E-state index contributed by atoms with van der Waals surface area (Å²) < 4.78 is 0. The maximum Gasteiger partial charge on any atom is 0.254 e. The monoisotopic (exact) mass is 422 g/mol. The third kappa shape index (κ3) is 4.64. The van der Waals surface area contributed by atoms with Gasteiger partial charge in [0.25, 0.3) is 5.91 Å². The van der Waals surface area contributed by atoms with Gasteiger partial charge in [0, 0.05) is 31.9 Å². The molecule has 31 heavy (non-hydrogen) atoms. The molecule has 1 atom stereocenters. The Hall–Kier alpha value is -3.13. The summed E-state index contributed by atoms with van der Waals surface area (Å²) >= 11 is 0. The van der Waals surface area contributed by atoms with Crippen LogP contribution in [0, 0.1) is 5.92 Å². The molecule has 1 saturated heterocycles. The third-order valence-electron chi connectivity index (χ3n) is 6.16. The third-order valence-corrected chi connectivity index (χ3v) is 6.16. The highest BCUT2D eigenvalue weighted by Crippen LogP contribution is 2.37. The first-order chi connectivity index (χ1) is 15.0. The quantitative estimate of drug-likeness (QED) is 0.517. The fourth-order valence-electron chi connectivity index (χ4n) is 4.19. The van der Waals surface area contributed by atoms with Crippen molar-refractivity contribution in [3.8, 4) is 0 Å². The number of nitrogens with one attached hydrogen (secondary N) is 3. The minimum atomic E-state index is -0.557. The molecule has 5 N–H and O–H groups in total. The number of aromatic nitrogens is 1. The lowest BCUT2D eigenvalue weighted by Gasteiger charge is -2.38. The van der Waals surface area contributed by atoms with Crippen LogP contribution in [0.15, 0.2) is 36.5 Å². The van der Waals surface area contributed by atoms with Crippen LogP contribution in [0.25, 0.3) is 0 Å². The predicted octanol–water partition coefficient (Wildman–Crippen LogP) is 2.50. The lowest BCUT2D eigenvalue weighted by Crippen LogP contribution is -2.54. The van der Waals surface area contributed by atoms with Crippen molar-refractivity contribution in [3.63, 3.8) is 0 Å². The molecule has 0 radical (unpaired) electrons. The Kier molecular flexibility index (Phi) is 6.36. The molecule has 2 fully saturated rings. The average molecular weight is 423 g/mol. The molecular formula is C23H30N6O2. The second kappa shape index (κ2) is 9.34. The molecule has 1 unspecified atom stereocenters. The van der Waals surface area contributed by atoms with Gasteiger partial charge >= 0.3 is 0 Å². The first-order valence-electron chi connectivity index (χ1n) is 10.9. The van der Waals surface area contributed by atoms with Gasteiger partial charge in [0.2, 0.25) is 0 Å². The van der Waals surface area contributed by atoms with Crippen LogP contribution in [0.2, 0.25) is 0 Å². The van der Waals surface area contributed by atoms with E-state index >= 15 is 0 Å². The van der Waals surface area contributed by atoms with Gasteiger partial charge in [-0.3, -0.25) is 9.59 Å². The molecule has 8 nitrogen and oxygen atoms in total. The maximum absolute atomic E-state index is 12.6. The standard InChI is InChI=1S/C23H30N6O2/c1-15(30)18-13-25-10-11-29(18)19-14-27-23(28-17-8-3-2-4-9-17)20(22(24)31)21(19)26-12-16-6-5-7-16/h2-4,8-9,14,16,18,25H,5-7,10-13H2,1H3,(H2,24,31)(H2,26,27,28). The van der Waals surface area contributed by atoms with Gasteiger partial charge in [-0.25, -0.2) is 4.98 Å². The van der Waals surface area contributed by atoms with Crippen LogP contribution in [-0.2, 0) is 4.79 Å². The minimum absolute atomic E-state index is 0.0734. The molecule has 2 heterocycles. The average Bonchev–Trinajstić information content (AvgIpc) is 2.73. The number of Topliss-reactive ketones (excluding diaryl/α,β-unsaturated/α-hetero) is 1. The van der Waals surface area contributed by atoms with Crippen molar-refractivity contribution in [2.45, 2.75) is 32.2 Å². The topological polar surface area (TPSA) is 112 Å². The van der Waals surface area contributed by atoms with Gasteiger partial charge in [-0.05, 0) is 37.8 Å². The number of primary amides is 1. The van der Waals surface area contributed by atoms with Crippen LogP contribution >= 0.6 is 0 Å². The van der Waals surface area contributed by atoms with Crippen LogP contribution in [0.1, 0.15) is 36.5 Å². The van der Waals surface area contributed by atoms with E-state index < -0.39 is 5.91 Å². The molecule has 8 heteroatoms. The number of carbonyl (C=O) groups excluding carboxylic acids is 2. The van der Waals surface area contributed by atoms with Crippen LogP contribution in [0.4, 0.5) is 22.9 Å². The van der Waals surface area contributed by atoms with Crippen molar-refractivity contribution in [2.75, 3.05) is 41.7 Å². The summed E-state index contributed by atoms with van der Waals surface area (Å²) in [5.74, 6) is 0.509. The first-order valence-corrected chi connectivity index (χ1v) is 10.9. The molecule has 4 rings (SSSR count). The SMILES string of the molecule is CC(=O)C1CNCCN1c1cnc(Nc2ccccc2)c(C(N)=O)c1NCC1CCC1. The number of pyridine rings is 1. The second-order valence-electron chi connectivity index (χ2n) is 8.30. The van der Waals surface area contributed by atoms with Gasteiger partial charge in [-0.2, -0.15) is 0 Å². The molecule has 0 bridgehead atoms. The number of piperazine rings is 1. The van der Waals surface area contributed by atoms with E-state index in [4.69, 9.17) is 5.73 Å². The van der Waals surface area contributed by atoms with Crippen LogP contribution in [-0.4, -0.2) is 48.9 Å². The minimum Gasteiger partial charge on any atom is -0.382 e. The van der Waals surface area contributed by atoms with E-state index in [0.29, 0.717) is 36.1 Å². The van der Waals surface area contributed by atoms with E-state index in [1.165, 1.54) is 19.3 Å². The zero-order valence-corrected chi connectivity index (χ0v) is 17.9. The van der Waals surface area contributed by atoms with Crippen LogP contribution in [0.3, 0.4) is 0 Å². The number of nitrogens with zero attached hydrogens (tertiary/aromatic N) is 2. The molecule has 2 aliphatic rings. The normalized spacial score (nSPS) is 18.9. The van der Waals surface area contributed by atoms with Crippen molar-refractivity contribution in [2.24, 2.45) is 11.7 Å². The molecule has 1 amide bonds. The zero-order chi connectivity index (χ0) is 21.8. The number of benzene rings is 1. The van der Waals surface area contributed by atoms with E-state index in [1.807, 2.05) is 35.2 Å². The molecule has 164 valence electrons. The second-order valence-corrected chi connectivity index (χ2v) is 8.30. The van der Waals surface area contributed by atoms with Crippen molar-refractivity contribution < 1.29 is 9.59 Å². The number of hydrogen-bond donors (Lipinski definition) is 4. The summed E-state index contributed by atoms with van der Waals surface area (Å²) in [6, 6.07) is 9.25. The summed E-state index contributed by atoms with van der Waals surface area (Å²) in [5.41, 5.74) is 8.40. The predicted molar refractivity (Wildman–Crippen MR) is 123 cm³/mol. The summed E-state index contributed by atoms with van der Waals surface area (Å²) in [6.45, 7) is 4.32. The number of anilines is 4.